The molecule has 0 spiro atoms. The molecule has 2 aromatic rings. The predicted octanol–water partition coefficient (Wildman–Crippen LogP) is 2.71. The van der Waals surface area contributed by atoms with Crippen LogP contribution in [0.25, 0.3) is 0 Å². The highest BCUT2D eigenvalue weighted by Gasteiger charge is 2.21. The topological polar surface area (TPSA) is 120 Å². The van der Waals surface area contributed by atoms with Crippen molar-refractivity contribution in [2.45, 2.75) is 44.7 Å². The first-order chi connectivity index (χ1) is 14.5. The van der Waals surface area contributed by atoms with Gasteiger partial charge in [-0.2, -0.15) is 0 Å². The third-order valence-electron chi connectivity index (χ3n) is 4.42. The summed E-state index contributed by atoms with van der Waals surface area (Å²) in [6.45, 7) is 0.265. The number of rotatable bonds is 11. The lowest BCUT2D eigenvalue weighted by Crippen LogP contribution is -2.46. The second kappa shape index (κ2) is 12.7. The van der Waals surface area contributed by atoms with Gasteiger partial charge in [-0.15, -0.1) is 0 Å². The van der Waals surface area contributed by atoms with Crippen molar-refractivity contribution >= 4 is 33.7 Å². The summed E-state index contributed by atoms with van der Waals surface area (Å²) >= 11 is 3.33. The summed E-state index contributed by atoms with van der Waals surface area (Å²) in [5.74, 6) is -1.07. The lowest BCUT2D eigenvalue weighted by molar-refractivity contribution is -0.129. The molecule has 1 heterocycles. The van der Waals surface area contributed by atoms with Crippen molar-refractivity contribution in [3.8, 4) is 0 Å². The van der Waals surface area contributed by atoms with E-state index in [1.165, 1.54) is 0 Å². The predicted molar refractivity (Wildman–Crippen MR) is 114 cm³/mol. The van der Waals surface area contributed by atoms with Crippen LogP contribution in [-0.2, 0) is 16.1 Å². The number of unbranched alkanes of at least 4 members (excludes halogenated alkanes) is 2. The molecule has 0 unspecified atom stereocenters. The molecule has 160 valence electrons. The number of nitrogens with zero attached hydrogens (tertiary/aromatic N) is 1. The van der Waals surface area contributed by atoms with E-state index < -0.39 is 11.9 Å². The van der Waals surface area contributed by atoms with E-state index in [1.54, 1.807) is 42.0 Å². The number of halogens is 1. The van der Waals surface area contributed by atoms with Crippen LogP contribution in [0.4, 0.5) is 0 Å². The number of carbonyl (C=O) groups excluding carboxylic acids is 3. The Balaban J connectivity index is 1.93. The van der Waals surface area contributed by atoms with Crippen molar-refractivity contribution in [1.29, 1.82) is 0 Å². The third-order valence-corrected chi connectivity index (χ3v) is 4.95. The van der Waals surface area contributed by atoms with Crippen molar-refractivity contribution in [2.75, 3.05) is 0 Å². The molecule has 1 aromatic carbocycles. The lowest BCUT2D eigenvalue weighted by atomic mass is 10.1. The van der Waals surface area contributed by atoms with E-state index in [1.807, 2.05) is 12.1 Å². The molecule has 0 aliphatic heterocycles. The van der Waals surface area contributed by atoms with Gasteiger partial charge in [-0.3, -0.25) is 24.6 Å². The molecule has 1 aromatic heterocycles. The Bertz CT molecular complexity index is 831. The summed E-state index contributed by atoms with van der Waals surface area (Å²) in [6.07, 6.45) is 4.19. The van der Waals surface area contributed by atoms with Gasteiger partial charge >= 0.3 is 0 Å². The third kappa shape index (κ3) is 8.30. The average molecular weight is 477 g/mol. The molecule has 1 atom stereocenters. The van der Waals surface area contributed by atoms with E-state index in [9.17, 15) is 14.4 Å². The second-order valence-corrected chi connectivity index (χ2v) is 7.62. The molecular formula is C21H25BrN4O4. The maximum atomic E-state index is 12.7. The minimum absolute atomic E-state index is 0.207. The van der Waals surface area contributed by atoms with Crippen LogP contribution >= 0.6 is 15.9 Å². The van der Waals surface area contributed by atoms with Gasteiger partial charge in [0.15, 0.2) is 0 Å². The van der Waals surface area contributed by atoms with Gasteiger partial charge in [-0.25, -0.2) is 5.48 Å². The zero-order chi connectivity index (χ0) is 21.8. The van der Waals surface area contributed by atoms with Crippen LogP contribution in [0.15, 0.2) is 53.1 Å². The Morgan fingerprint density at radius 3 is 2.47 bits per heavy atom. The van der Waals surface area contributed by atoms with Crippen LogP contribution in [0, 0.1) is 0 Å². The number of amides is 3. The zero-order valence-corrected chi connectivity index (χ0v) is 18.0. The van der Waals surface area contributed by atoms with E-state index in [0.29, 0.717) is 31.2 Å². The minimum atomic E-state index is -0.712. The van der Waals surface area contributed by atoms with Gasteiger partial charge < -0.3 is 10.6 Å². The number of hydrogen-bond acceptors (Lipinski definition) is 5. The van der Waals surface area contributed by atoms with Crippen molar-refractivity contribution < 1.29 is 19.6 Å². The Morgan fingerprint density at radius 1 is 1.03 bits per heavy atom. The largest absolute Gasteiger partial charge is 0.349 e. The van der Waals surface area contributed by atoms with Gasteiger partial charge in [0.25, 0.3) is 5.91 Å². The fraction of sp³-hybridized carbons (Fsp3) is 0.333. The minimum Gasteiger partial charge on any atom is -0.349 e. The van der Waals surface area contributed by atoms with Gasteiger partial charge in [0, 0.05) is 22.7 Å². The molecule has 2 rings (SSSR count). The summed E-state index contributed by atoms with van der Waals surface area (Å²) in [5.41, 5.74) is 2.77. The fourth-order valence-electron chi connectivity index (χ4n) is 2.78. The molecule has 0 saturated heterocycles. The first-order valence-electron chi connectivity index (χ1n) is 9.66. The van der Waals surface area contributed by atoms with Crippen LogP contribution in [0.5, 0.6) is 0 Å². The number of nitrogens with one attached hydrogen (secondary N) is 3. The van der Waals surface area contributed by atoms with Crippen molar-refractivity contribution in [1.82, 2.24) is 21.1 Å². The molecule has 0 aliphatic rings. The Labute approximate surface area is 183 Å². The van der Waals surface area contributed by atoms with Crippen LogP contribution < -0.4 is 16.1 Å². The fourth-order valence-corrected chi connectivity index (χ4v) is 3.05. The van der Waals surface area contributed by atoms with Crippen molar-refractivity contribution in [3.05, 3.63) is 64.4 Å². The smallest absolute Gasteiger partial charge is 0.251 e. The molecule has 0 bridgehead atoms. The Morgan fingerprint density at radius 2 is 1.80 bits per heavy atom. The first-order valence-corrected chi connectivity index (χ1v) is 10.5. The molecule has 3 amide bonds. The summed E-state index contributed by atoms with van der Waals surface area (Å²) < 4.78 is 0.857. The van der Waals surface area contributed by atoms with Crippen molar-refractivity contribution in [3.63, 3.8) is 0 Å². The van der Waals surface area contributed by atoms with Gasteiger partial charge in [0.1, 0.15) is 6.04 Å². The molecule has 0 radical (unpaired) electrons. The molecule has 0 fully saturated rings. The van der Waals surface area contributed by atoms with E-state index in [-0.39, 0.29) is 24.8 Å². The van der Waals surface area contributed by atoms with E-state index in [0.717, 1.165) is 10.2 Å². The number of benzene rings is 1. The van der Waals surface area contributed by atoms with Gasteiger partial charge in [0.2, 0.25) is 11.8 Å². The lowest BCUT2D eigenvalue weighted by Gasteiger charge is -2.18. The summed E-state index contributed by atoms with van der Waals surface area (Å²) in [7, 11) is 0. The molecule has 9 heteroatoms. The van der Waals surface area contributed by atoms with E-state index in [2.05, 4.69) is 31.5 Å². The number of hydroxylamine groups is 1. The second-order valence-electron chi connectivity index (χ2n) is 6.71. The summed E-state index contributed by atoms with van der Waals surface area (Å²) in [4.78, 5) is 40.5. The van der Waals surface area contributed by atoms with E-state index in [4.69, 9.17) is 5.21 Å². The first kappa shape index (κ1) is 23.5. The average Bonchev–Trinajstić information content (AvgIpc) is 2.77. The molecule has 0 saturated carbocycles. The number of hydrogen-bond donors (Lipinski definition) is 4. The van der Waals surface area contributed by atoms with Crippen LogP contribution in [0.1, 0.15) is 48.2 Å². The number of carbonyl (C=O) groups is 3. The molecule has 0 aliphatic carbocycles. The standard InChI is InChI=1S/C21H25BrN4O4/c22-16-11-9-15(10-12-16)20(28)25-18(7-2-1-3-8-19(27)26-30)21(29)24-14-17-6-4-5-13-23-17/h4-6,9-13,18,30H,1-3,7-8,14H2,(H,24,29)(H,25,28)(H,26,27)/t18-/m0/s1. The maximum absolute atomic E-state index is 12.7. The normalized spacial score (nSPS) is 11.4. The number of pyridine rings is 1. The maximum Gasteiger partial charge on any atom is 0.251 e. The zero-order valence-electron chi connectivity index (χ0n) is 16.4. The van der Waals surface area contributed by atoms with Gasteiger partial charge in [-0.05, 0) is 49.2 Å². The van der Waals surface area contributed by atoms with Crippen LogP contribution in [0.2, 0.25) is 0 Å². The van der Waals surface area contributed by atoms with Gasteiger partial charge in [-0.1, -0.05) is 34.8 Å². The molecular weight excluding hydrogens is 452 g/mol. The molecule has 8 nitrogen and oxygen atoms in total. The highest BCUT2D eigenvalue weighted by Crippen LogP contribution is 2.12. The quantitative estimate of drug-likeness (QED) is 0.225. The van der Waals surface area contributed by atoms with Crippen LogP contribution in [-0.4, -0.2) is 34.0 Å². The van der Waals surface area contributed by atoms with Crippen LogP contribution in [0.3, 0.4) is 0 Å². The van der Waals surface area contributed by atoms with Crippen molar-refractivity contribution in [2.24, 2.45) is 0 Å². The Hall–Kier alpha value is -2.78. The highest BCUT2D eigenvalue weighted by atomic mass is 79.9. The summed E-state index contributed by atoms with van der Waals surface area (Å²) in [6, 6.07) is 11.6. The SMILES string of the molecule is O=C(CCCCC[C@H](NC(=O)c1ccc(Br)cc1)C(=O)NCc1ccccn1)NO. The highest BCUT2D eigenvalue weighted by molar-refractivity contribution is 9.10. The monoisotopic (exact) mass is 476 g/mol. The molecule has 4 N–H and O–H groups in total. The number of aromatic nitrogens is 1. The summed E-state index contributed by atoms with van der Waals surface area (Å²) in [5, 5.41) is 14.1. The Kier molecular flexibility index (Phi) is 9.96. The molecule has 30 heavy (non-hydrogen) atoms. The van der Waals surface area contributed by atoms with Gasteiger partial charge in [0.05, 0.1) is 12.2 Å². The van der Waals surface area contributed by atoms with E-state index >= 15 is 0 Å².